The molecular formula is C22H25N3O3. The molecule has 0 amide bonds. The number of benzene rings is 1. The number of pyridine rings is 1. The molecule has 0 spiro atoms. The van der Waals surface area contributed by atoms with Gasteiger partial charge in [-0.15, -0.1) is 0 Å². The highest BCUT2D eigenvalue weighted by Gasteiger charge is 2.24. The maximum Gasteiger partial charge on any atom is 0.258 e. The average molecular weight is 379 g/mol. The van der Waals surface area contributed by atoms with Gasteiger partial charge in [0.1, 0.15) is 18.5 Å². The Morgan fingerprint density at radius 2 is 1.86 bits per heavy atom. The van der Waals surface area contributed by atoms with Crippen LogP contribution in [0.15, 0.2) is 28.8 Å². The molecule has 28 heavy (non-hydrogen) atoms. The molecule has 6 nitrogen and oxygen atoms in total. The molecule has 1 aliphatic rings. The van der Waals surface area contributed by atoms with Gasteiger partial charge in [-0.2, -0.15) is 4.98 Å². The van der Waals surface area contributed by atoms with Crippen LogP contribution in [0.4, 0.5) is 0 Å². The zero-order valence-corrected chi connectivity index (χ0v) is 16.8. The van der Waals surface area contributed by atoms with Crippen molar-refractivity contribution in [2.45, 2.75) is 46.6 Å². The van der Waals surface area contributed by atoms with E-state index in [2.05, 4.69) is 35.0 Å². The molecule has 3 aromatic rings. The first kappa shape index (κ1) is 18.6. The Bertz CT molecular complexity index is 993. The van der Waals surface area contributed by atoms with Crippen LogP contribution < -0.4 is 4.74 Å². The molecule has 1 aromatic carbocycles. The number of ether oxygens (including phenoxy) is 2. The standard InChI is InChI=1S/C22H25N3O3/c1-5-15-9-16(7-13(3)20(15)27-12-19-11-26-19)21-24-22(28-25-21)17-8-14(4)23-18(6-2)10-17/h7-10,19H,5-6,11-12H2,1-4H3/t19-/m0/s1. The quantitative estimate of drug-likeness (QED) is 0.569. The molecule has 0 N–H and O–H groups in total. The predicted octanol–water partition coefficient (Wildman–Crippen LogP) is 4.32. The van der Waals surface area contributed by atoms with Crippen LogP contribution in [0.2, 0.25) is 0 Å². The first-order valence-electron chi connectivity index (χ1n) is 9.77. The fourth-order valence-corrected chi connectivity index (χ4v) is 3.29. The molecule has 0 saturated carbocycles. The predicted molar refractivity (Wildman–Crippen MR) is 106 cm³/mol. The third-order valence-corrected chi connectivity index (χ3v) is 4.85. The van der Waals surface area contributed by atoms with Crippen molar-refractivity contribution in [1.82, 2.24) is 15.1 Å². The summed E-state index contributed by atoms with van der Waals surface area (Å²) in [5, 5.41) is 4.21. The third kappa shape index (κ3) is 3.92. The van der Waals surface area contributed by atoms with Crippen LogP contribution in [0.5, 0.6) is 5.75 Å². The highest BCUT2D eigenvalue weighted by molar-refractivity contribution is 5.64. The Morgan fingerprint density at radius 3 is 2.57 bits per heavy atom. The van der Waals surface area contributed by atoms with E-state index in [1.165, 1.54) is 0 Å². The van der Waals surface area contributed by atoms with Gasteiger partial charge < -0.3 is 14.0 Å². The maximum absolute atomic E-state index is 5.99. The number of aryl methyl sites for hydroxylation is 4. The summed E-state index contributed by atoms with van der Waals surface area (Å²) in [6.07, 6.45) is 1.96. The van der Waals surface area contributed by atoms with E-state index in [1.54, 1.807) is 0 Å². The second kappa shape index (κ2) is 7.72. The molecule has 4 rings (SSSR count). The van der Waals surface area contributed by atoms with Crippen molar-refractivity contribution >= 4 is 0 Å². The average Bonchev–Trinajstić information content (AvgIpc) is 3.39. The Hall–Kier alpha value is -2.73. The second-order valence-electron chi connectivity index (χ2n) is 7.17. The van der Waals surface area contributed by atoms with Crippen LogP contribution in [0.25, 0.3) is 22.8 Å². The van der Waals surface area contributed by atoms with Gasteiger partial charge in [-0.1, -0.05) is 19.0 Å². The fraction of sp³-hybridized carbons (Fsp3) is 0.409. The lowest BCUT2D eigenvalue weighted by Crippen LogP contribution is -2.07. The summed E-state index contributed by atoms with van der Waals surface area (Å²) in [4.78, 5) is 9.14. The van der Waals surface area contributed by atoms with Gasteiger partial charge in [-0.05, 0) is 62.1 Å². The number of aromatic nitrogens is 3. The molecule has 1 atom stereocenters. The van der Waals surface area contributed by atoms with Crippen LogP contribution in [-0.4, -0.2) is 34.4 Å². The SMILES string of the molecule is CCc1cc(-c2nc(-c3cc(C)c(OC[C@@H]4CO4)c(CC)c3)no2)cc(C)n1. The second-order valence-corrected chi connectivity index (χ2v) is 7.17. The molecule has 0 aliphatic carbocycles. The summed E-state index contributed by atoms with van der Waals surface area (Å²) in [6, 6.07) is 8.10. The van der Waals surface area contributed by atoms with E-state index < -0.39 is 0 Å². The van der Waals surface area contributed by atoms with Crippen LogP contribution >= 0.6 is 0 Å². The number of rotatable bonds is 7. The van der Waals surface area contributed by atoms with E-state index in [9.17, 15) is 0 Å². The molecule has 1 saturated heterocycles. The van der Waals surface area contributed by atoms with E-state index >= 15 is 0 Å². The molecule has 1 aliphatic heterocycles. The van der Waals surface area contributed by atoms with Gasteiger partial charge in [-0.25, -0.2) is 0 Å². The summed E-state index contributed by atoms with van der Waals surface area (Å²) in [7, 11) is 0. The Kier molecular flexibility index (Phi) is 5.13. The minimum atomic E-state index is 0.236. The number of nitrogens with zero attached hydrogens (tertiary/aromatic N) is 3. The van der Waals surface area contributed by atoms with Crippen LogP contribution in [0, 0.1) is 13.8 Å². The summed E-state index contributed by atoms with van der Waals surface area (Å²) in [6.45, 7) is 9.61. The van der Waals surface area contributed by atoms with Crippen molar-refractivity contribution in [3.8, 4) is 28.6 Å². The molecule has 0 unspecified atom stereocenters. The first-order chi connectivity index (χ1) is 13.6. The number of hydrogen-bond acceptors (Lipinski definition) is 6. The molecule has 0 bridgehead atoms. The van der Waals surface area contributed by atoms with Crippen molar-refractivity contribution in [3.63, 3.8) is 0 Å². The highest BCUT2D eigenvalue weighted by Crippen LogP contribution is 2.32. The number of epoxide rings is 1. The van der Waals surface area contributed by atoms with Crippen LogP contribution in [0.3, 0.4) is 0 Å². The van der Waals surface area contributed by atoms with E-state index in [0.717, 1.165) is 58.8 Å². The highest BCUT2D eigenvalue weighted by atomic mass is 16.6. The van der Waals surface area contributed by atoms with Gasteiger partial charge in [0, 0.05) is 22.5 Å². The molecule has 146 valence electrons. The van der Waals surface area contributed by atoms with Crippen LogP contribution in [0.1, 0.15) is 36.4 Å². The zero-order chi connectivity index (χ0) is 19.7. The molecule has 3 heterocycles. The largest absolute Gasteiger partial charge is 0.490 e. The smallest absolute Gasteiger partial charge is 0.258 e. The summed E-state index contributed by atoms with van der Waals surface area (Å²) >= 11 is 0. The minimum absolute atomic E-state index is 0.236. The van der Waals surface area contributed by atoms with E-state index in [0.29, 0.717) is 18.3 Å². The molecule has 2 aromatic heterocycles. The summed E-state index contributed by atoms with van der Waals surface area (Å²) in [5.74, 6) is 2.03. The first-order valence-corrected chi connectivity index (χ1v) is 9.77. The van der Waals surface area contributed by atoms with E-state index in [-0.39, 0.29) is 6.10 Å². The van der Waals surface area contributed by atoms with Crippen molar-refractivity contribution in [3.05, 3.63) is 46.8 Å². The lowest BCUT2D eigenvalue weighted by molar-refractivity contribution is 0.260. The monoisotopic (exact) mass is 379 g/mol. The fourth-order valence-electron chi connectivity index (χ4n) is 3.29. The van der Waals surface area contributed by atoms with Crippen molar-refractivity contribution in [1.29, 1.82) is 0 Å². The van der Waals surface area contributed by atoms with Crippen molar-refractivity contribution in [2.24, 2.45) is 0 Å². The number of hydrogen-bond donors (Lipinski definition) is 0. The van der Waals surface area contributed by atoms with Gasteiger partial charge in [0.25, 0.3) is 5.89 Å². The van der Waals surface area contributed by atoms with Gasteiger partial charge >= 0.3 is 0 Å². The van der Waals surface area contributed by atoms with Crippen molar-refractivity contribution < 1.29 is 14.0 Å². The molecule has 6 heteroatoms. The normalized spacial score (nSPS) is 15.6. The van der Waals surface area contributed by atoms with Crippen LogP contribution in [-0.2, 0) is 17.6 Å². The topological polar surface area (TPSA) is 73.6 Å². The summed E-state index contributed by atoms with van der Waals surface area (Å²) in [5.41, 5.74) is 5.99. The van der Waals surface area contributed by atoms with Crippen molar-refractivity contribution in [2.75, 3.05) is 13.2 Å². The van der Waals surface area contributed by atoms with Gasteiger partial charge in [0.2, 0.25) is 5.82 Å². The lowest BCUT2D eigenvalue weighted by atomic mass is 10.0. The van der Waals surface area contributed by atoms with E-state index in [1.807, 2.05) is 32.0 Å². The molecule has 0 radical (unpaired) electrons. The Balaban J connectivity index is 1.64. The van der Waals surface area contributed by atoms with Gasteiger partial charge in [0.15, 0.2) is 0 Å². The Morgan fingerprint density at radius 1 is 1.04 bits per heavy atom. The maximum atomic E-state index is 5.99. The van der Waals surface area contributed by atoms with E-state index in [4.69, 9.17) is 14.0 Å². The van der Waals surface area contributed by atoms with Gasteiger partial charge in [0.05, 0.1) is 6.61 Å². The molecule has 1 fully saturated rings. The van der Waals surface area contributed by atoms with Gasteiger partial charge in [-0.3, -0.25) is 4.98 Å². The third-order valence-electron chi connectivity index (χ3n) is 4.85. The zero-order valence-electron chi connectivity index (χ0n) is 16.8. The lowest BCUT2D eigenvalue weighted by Gasteiger charge is -2.14. The molecular weight excluding hydrogens is 354 g/mol. The Labute approximate surface area is 164 Å². The summed E-state index contributed by atoms with van der Waals surface area (Å²) < 4.78 is 16.8. The minimum Gasteiger partial charge on any atom is -0.490 e.